The van der Waals surface area contributed by atoms with Crippen LogP contribution in [-0.4, -0.2) is 19.2 Å². The number of benzene rings is 3. The molecule has 174 valence electrons. The first-order valence-corrected chi connectivity index (χ1v) is 12.2. The summed E-state index contributed by atoms with van der Waals surface area (Å²) in [5.41, 5.74) is 4.36. The predicted octanol–water partition coefficient (Wildman–Crippen LogP) is 6.19. The highest BCUT2D eigenvalue weighted by Crippen LogP contribution is 2.30. The number of hydrogen-bond acceptors (Lipinski definition) is 7. The summed E-state index contributed by atoms with van der Waals surface area (Å²) in [7, 11) is -1.55. The van der Waals surface area contributed by atoms with E-state index in [9.17, 15) is 9.12 Å². The highest BCUT2D eigenvalue weighted by Gasteiger charge is 2.15. The van der Waals surface area contributed by atoms with Gasteiger partial charge in [-0.25, -0.2) is 19.2 Å². The number of rotatable bonds is 7. The minimum absolute atomic E-state index is 0.346. The Kier molecular flexibility index (Phi) is 6.15. The number of fused-ring (bicyclic) bond motifs is 2. The second kappa shape index (κ2) is 9.55. The lowest BCUT2D eigenvalue weighted by Gasteiger charge is -2.15. The lowest BCUT2D eigenvalue weighted by Crippen LogP contribution is -2.10. The summed E-state index contributed by atoms with van der Waals surface area (Å²) in [6.07, 6.45) is 0. The van der Waals surface area contributed by atoms with Crippen molar-refractivity contribution in [2.24, 2.45) is 5.18 Å². The molecular weight excluding hydrogens is 460 g/mol. The number of aromatic nitrogens is 3. The van der Waals surface area contributed by atoms with Gasteiger partial charge in [0.25, 0.3) is 0 Å². The molecule has 2 unspecified atom stereocenters. The normalized spacial score (nSPS) is 12.9. The van der Waals surface area contributed by atoms with Gasteiger partial charge in [-0.2, -0.15) is 4.91 Å². The van der Waals surface area contributed by atoms with E-state index in [1.165, 1.54) is 0 Å². The molecule has 0 spiro atoms. The van der Waals surface area contributed by atoms with Gasteiger partial charge in [-0.15, -0.1) is 0 Å². The first kappa shape index (κ1) is 22.5. The highest BCUT2D eigenvalue weighted by atomic mass is 32.2. The van der Waals surface area contributed by atoms with Gasteiger partial charge in [-0.1, -0.05) is 53.2 Å². The summed E-state index contributed by atoms with van der Waals surface area (Å²) in [6.45, 7) is 3.68. The second-order valence-electron chi connectivity index (χ2n) is 8.11. The van der Waals surface area contributed by atoms with Crippen LogP contribution in [-0.2, 0) is 11.0 Å². The summed E-state index contributed by atoms with van der Waals surface area (Å²) in [6, 6.07) is 23.8. The topological polar surface area (TPSA) is 109 Å². The summed E-state index contributed by atoms with van der Waals surface area (Å²) < 4.78 is 16.1. The van der Waals surface area contributed by atoms with E-state index in [4.69, 9.17) is 4.98 Å². The van der Waals surface area contributed by atoms with E-state index in [0.29, 0.717) is 44.5 Å². The molecule has 9 heteroatoms. The largest absolute Gasteiger partial charge is 0.335 e. The maximum Gasteiger partial charge on any atom is 0.182 e. The van der Waals surface area contributed by atoms with Crippen molar-refractivity contribution >= 4 is 50.2 Å². The Bertz CT molecular complexity index is 1570. The van der Waals surface area contributed by atoms with Crippen molar-refractivity contribution in [3.63, 3.8) is 0 Å². The third kappa shape index (κ3) is 4.71. The maximum atomic E-state index is 13.1. The van der Waals surface area contributed by atoms with Crippen LogP contribution in [0.3, 0.4) is 0 Å². The third-order valence-electron chi connectivity index (χ3n) is 5.58. The monoisotopic (exact) mass is 482 g/mol. The zero-order chi connectivity index (χ0) is 24.4. The van der Waals surface area contributed by atoms with Crippen LogP contribution >= 0.6 is 0 Å². The van der Waals surface area contributed by atoms with Gasteiger partial charge in [0, 0.05) is 5.39 Å². The SMILES string of the molecule is Cc1ccc(S(=O)Nc2nc3ccccc3nc2Nc2cccc3ccc(C(C)N=O)nc23)cc1. The fraction of sp³-hybridized carbons (Fsp3) is 0.115. The quantitative estimate of drug-likeness (QED) is 0.268. The van der Waals surface area contributed by atoms with Crippen molar-refractivity contribution in [3.8, 4) is 0 Å². The van der Waals surface area contributed by atoms with Gasteiger partial charge >= 0.3 is 0 Å². The molecular formula is C26H22N6O2S. The highest BCUT2D eigenvalue weighted by molar-refractivity contribution is 7.86. The molecule has 8 nitrogen and oxygen atoms in total. The first-order chi connectivity index (χ1) is 17.0. The molecule has 0 aliphatic carbocycles. The molecule has 2 N–H and O–H groups in total. The molecule has 0 fully saturated rings. The van der Waals surface area contributed by atoms with E-state index in [0.717, 1.165) is 10.9 Å². The van der Waals surface area contributed by atoms with Gasteiger partial charge in [-0.3, -0.25) is 4.72 Å². The third-order valence-corrected chi connectivity index (χ3v) is 6.66. The van der Waals surface area contributed by atoms with Crippen LogP contribution in [0.2, 0.25) is 0 Å². The van der Waals surface area contributed by atoms with Crippen LogP contribution in [0.15, 0.2) is 88.9 Å². The van der Waals surface area contributed by atoms with Gasteiger partial charge in [0.2, 0.25) is 0 Å². The molecule has 2 aromatic heterocycles. The molecule has 5 rings (SSSR count). The van der Waals surface area contributed by atoms with Crippen LogP contribution in [0.5, 0.6) is 0 Å². The number of aryl methyl sites for hydroxylation is 1. The molecule has 0 aliphatic heterocycles. The van der Waals surface area contributed by atoms with Gasteiger partial charge in [-0.05, 0) is 50.2 Å². The molecule has 2 atom stereocenters. The first-order valence-electron chi connectivity index (χ1n) is 11.0. The summed E-state index contributed by atoms with van der Waals surface area (Å²) in [5.74, 6) is 0.754. The molecule has 0 saturated heterocycles. The number of hydrogen-bond donors (Lipinski definition) is 2. The van der Waals surface area contributed by atoms with Crippen LogP contribution in [0.4, 0.5) is 17.3 Å². The van der Waals surface area contributed by atoms with Crippen molar-refractivity contribution in [3.05, 3.63) is 95.0 Å². The van der Waals surface area contributed by atoms with Gasteiger partial charge in [0.05, 0.1) is 32.8 Å². The number of nitrogens with zero attached hydrogens (tertiary/aromatic N) is 4. The van der Waals surface area contributed by atoms with Crippen LogP contribution in [0.1, 0.15) is 24.2 Å². The smallest absolute Gasteiger partial charge is 0.182 e. The maximum absolute atomic E-state index is 13.1. The molecule has 0 radical (unpaired) electrons. The van der Waals surface area contributed by atoms with E-state index in [2.05, 4.69) is 25.2 Å². The standard InChI is InChI=1S/C26H22N6O2S/c1-16-10-13-19(14-11-16)35(34)32-26-25(28-21-7-3-4-8-22(21)29-26)30-23-9-5-6-18-12-15-20(17(2)31-33)27-24(18)23/h3-15,17H,1-2H3,(H,28,30)(H,29,32). The number of para-hydroxylation sites is 3. The van der Waals surface area contributed by atoms with Crippen molar-refractivity contribution in [2.45, 2.75) is 24.8 Å². The van der Waals surface area contributed by atoms with Gasteiger partial charge in [0.1, 0.15) is 6.04 Å². The number of nitroso groups, excluding NO2 is 1. The average molecular weight is 483 g/mol. The Morgan fingerprint density at radius 2 is 1.54 bits per heavy atom. The Hall–Kier alpha value is -4.24. The zero-order valence-electron chi connectivity index (χ0n) is 19.1. The van der Waals surface area contributed by atoms with E-state index in [-0.39, 0.29) is 0 Å². The summed E-state index contributed by atoms with van der Waals surface area (Å²) >= 11 is 0. The Morgan fingerprint density at radius 1 is 0.829 bits per heavy atom. The van der Waals surface area contributed by atoms with E-state index < -0.39 is 17.0 Å². The Labute approximate surface area is 204 Å². The molecule has 2 heterocycles. The van der Waals surface area contributed by atoms with E-state index in [1.807, 2.05) is 79.7 Å². The minimum atomic E-state index is -1.55. The lowest BCUT2D eigenvalue weighted by molar-refractivity contribution is 0.686. The van der Waals surface area contributed by atoms with Gasteiger partial charge < -0.3 is 5.32 Å². The van der Waals surface area contributed by atoms with E-state index >= 15 is 0 Å². The number of nitrogens with one attached hydrogen (secondary N) is 2. The molecule has 0 saturated carbocycles. The molecule has 0 bridgehead atoms. The van der Waals surface area contributed by atoms with E-state index in [1.54, 1.807) is 13.0 Å². The molecule has 0 amide bonds. The van der Waals surface area contributed by atoms with Crippen LogP contribution in [0.25, 0.3) is 21.9 Å². The average Bonchev–Trinajstić information content (AvgIpc) is 2.88. The Morgan fingerprint density at radius 3 is 2.26 bits per heavy atom. The second-order valence-corrected chi connectivity index (χ2v) is 9.33. The minimum Gasteiger partial charge on any atom is -0.335 e. The summed E-state index contributed by atoms with van der Waals surface area (Å²) in [4.78, 5) is 25.8. The van der Waals surface area contributed by atoms with Crippen LogP contribution in [0, 0.1) is 11.8 Å². The number of pyridine rings is 1. The summed E-state index contributed by atoms with van der Waals surface area (Å²) in [5, 5.41) is 7.30. The Balaban J connectivity index is 1.58. The van der Waals surface area contributed by atoms with Crippen molar-refractivity contribution in [1.82, 2.24) is 15.0 Å². The molecule has 5 aromatic rings. The van der Waals surface area contributed by atoms with Crippen molar-refractivity contribution in [2.75, 3.05) is 10.0 Å². The van der Waals surface area contributed by atoms with Crippen molar-refractivity contribution < 1.29 is 4.21 Å². The molecule has 3 aromatic carbocycles. The fourth-order valence-corrected chi connectivity index (χ4v) is 4.46. The molecule has 35 heavy (non-hydrogen) atoms. The van der Waals surface area contributed by atoms with Crippen molar-refractivity contribution in [1.29, 1.82) is 0 Å². The molecule has 0 aliphatic rings. The van der Waals surface area contributed by atoms with Gasteiger partial charge in [0.15, 0.2) is 22.6 Å². The zero-order valence-corrected chi connectivity index (χ0v) is 19.9. The number of anilines is 3. The van der Waals surface area contributed by atoms with Crippen LogP contribution < -0.4 is 10.0 Å². The predicted molar refractivity (Wildman–Crippen MR) is 140 cm³/mol. The lowest BCUT2D eigenvalue weighted by atomic mass is 10.1. The fourth-order valence-electron chi connectivity index (χ4n) is 3.64.